The molecular formula is C7H4BrF2NO2. The maximum absolute atomic E-state index is 12.2. The van der Waals surface area contributed by atoms with Gasteiger partial charge in [0.15, 0.2) is 6.29 Å². The van der Waals surface area contributed by atoms with Crippen LogP contribution in [0.5, 0.6) is 0 Å². The highest BCUT2D eigenvalue weighted by Crippen LogP contribution is 2.25. The van der Waals surface area contributed by atoms with Gasteiger partial charge in [-0.15, -0.1) is 0 Å². The predicted octanol–water partition coefficient (Wildman–Crippen LogP) is 1.89. The third-order valence-electron chi connectivity index (χ3n) is 1.38. The Labute approximate surface area is 79.9 Å². The molecule has 0 bridgehead atoms. The lowest BCUT2D eigenvalue weighted by atomic mass is 10.2. The molecule has 13 heavy (non-hydrogen) atoms. The van der Waals surface area contributed by atoms with Crippen LogP contribution in [0, 0.1) is 0 Å². The van der Waals surface area contributed by atoms with Crippen molar-refractivity contribution in [2.45, 2.75) is 6.43 Å². The van der Waals surface area contributed by atoms with Gasteiger partial charge < -0.3 is 4.98 Å². The molecule has 0 amide bonds. The molecule has 0 aliphatic heterocycles. The molecule has 1 aromatic heterocycles. The summed E-state index contributed by atoms with van der Waals surface area (Å²) in [7, 11) is 0. The molecule has 0 aliphatic carbocycles. The fraction of sp³-hybridized carbons (Fsp3) is 0.143. The molecule has 0 aliphatic rings. The summed E-state index contributed by atoms with van der Waals surface area (Å²) in [6.45, 7) is 0. The Balaban J connectivity index is 3.44. The summed E-state index contributed by atoms with van der Waals surface area (Å²) in [6.07, 6.45) is -2.48. The normalized spacial score (nSPS) is 10.5. The van der Waals surface area contributed by atoms with Gasteiger partial charge in [-0.2, -0.15) is 0 Å². The lowest BCUT2D eigenvalue weighted by molar-refractivity contribution is 0.112. The molecule has 0 radical (unpaired) electrons. The van der Waals surface area contributed by atoms with Crippen molar-refractivity contribution in [1.29, 1.82) is 0 Å². The van der Waals surface area contributed by atoms with Crippen LogP contribution in [-0.4, -0.2) is 11.3 Å². The standard InChI is InChI=1S/C7H4BrF2NO2/c8-5-3(2-12)1-4(13)11-6(5)7(9)10/h1-2,7H,(H,11,13). The Bertz CT molecular complexity index is 389. The maximum Gasteiger partial charge on any atom is 0.279 e. The van der Waals surface area contributed by atoms with Gasteiger partial charge in [0.2, 0.25) is 5.56 Å². The van der Waals surface area contributed by atoms with Crippen LogP contribution in [0.25, 0.3) is 0 Å². The third kappa shape index (κ3) is 2.00. The number of aromatic amines is 1. The second-order valence-electron chi connectivity index (χ2n) is 2.24. The molecule has 0 aromatic carbocycles. The molecule has 0 spiro atoms. The molecule has 1 rings (SSSR count). The van der Waals surface area contributed by atoms with Crippen molar-refractivity contribution < 1.29 is 13.6 Å². The zero-order valence-electron chi connectivity index (χ0n) is 6.18. The predicted molar refractivity (Wildman–Crippen MR) is 45.1 cm³/mol. The molecule has 1 N–H and O–H groups in total. The van der Waals surface area contributed by atoms with E-state index in [1.807, 2.05) is 4.98 Å². The van der Waals surface area contributed by atoms with E-state index in [1.165, 1.54) is 0 Å². The highest BCUT2D eigenvalue weighted by Gasteiger charge is 2.15. The summed E-state index contributed by atoms with van der Waals surface area (Å²) >= 11 is 2.79. The van der Waals surface area contributed by atoms with Gasteiger partial charge >= 0.3 is 0 Å². The summed E-state index contributed by atoms with van der Waals surface area (Å²) in [5, 5.41) is 0. The highest BCUT2D eigenvalue weighted by molar-refractivity contribution is 9.10. The average Bonchev–Trinajstić information content (AvgIpc) is 2.08. The molecular weight excluding hydrogens is 248 g/mol. The fourth-order valence-electron chi connectivity index (χ4n) is 0.820. The Morgan fingerprint density at radius 2 is 2.15 bits per heavy atom. The van der Waals surface area contributed by atoms with Gasteiger partial charge in [0.05, 0.1) is 10.2 Å². The van der Waals surface area contributed by atoms with Crippen molar-refractivity contribution in [2.24, 2.45) is 0 Å². The first-order valence-corrected chi connectivity index (χ1v) is 4.01. The number of aldehydes is 1. The van der Waals surface area contributed by atoms with E-state index in [9.17, 15) is 18.4 Å². The molecule has 0 unspecified atom stereocenters. The Morgan fingerprint density at radius 1 is 1.54 bits per heavy atom. The summed E-state index contributed by atoms with van der Waals surface area (Å²) in [6, 6.07) is 0.947. The Kier molecular flexibility index (Phi) is 2.92. The number of carbonyl (C=O) groups excluding carboxylic acids is 1. The Morgan fingerprint density at radius 3 is 2.62 bits per heavy atom. The SMILES string of the molecule is O=Cc1cc(=O)[nH]c(C(F)F)c1Br. The summed E-state index contributed by atoms with van der Waals surface area (Å²) < 4.78 is 24.3. The zero-order chi connectivity index (χ0) is 10.0. The lowest BCUT2D eigenvalue weighted by Gasteiger charge is -2.03. The number of hydrogen-bond acceptors (Lipinski definition) is 2. The van der Waals surface area contributed by atoms with Gasteiger partial charge in [-0.3, -0.25) is 9.59 Å². The first-order valence-electron chi connectivity index (χ1n) is 3.22. The topological polar surface area (TPSA) is 49.9 Å². The molecule has 6 heteroatoms. The number of rotatable bonds is 2. The highest BCUT2D eigenvalue weighted by atomic mass is 79.9. The van der Waals surface area contributed by atoms with Crippen LogP contribution in [0.4, 0.5) is 8.78 Å². The number of halogens is 3. The second-order valence-corrected chi connectivity index (χ2v) is 3.03. The van der Waals surface area contributed by atoms with Crippen molar-refractivity contribution in [3.8, 4) is 0 Å². The molecule has 3 nitrogen and oxygen atoms in total. The van der Waals surface area contributed by atoms with Crippen LogP contribution in [0.2, 0.25) is 0 Å². The van der Waals surface area contributed by atoms with Crippen LogP contribution in [-0.2, 0) is 0 Å². The van der Waals surface area contributed by atoms with E-state index >= 15 is 0 Å². The third-order valence-corrected chi connectivity index (χ3v) is 2.26. The molecule has 0 saturated carbocycles. The first-order chi connectivity index (χ1) is 6.06. The summed E-state index contributed by atoms with van der Waals surface area (Å²) in [4.78, 5) is 23.0. The number of nitrogens with one attached hydrogen (secondary N) is 1. The van der Waals surface area contributed by atoms with Gasteiger partial charge in [-0.25, -0.2) is 8.78 Å². The van der Waals surface area contributed by atoms with Crippen molar-refractivity contribution in [3.63, 3.8) is 0 Å². The van der Waals surface area contributed by atoms with E-state index in [4.69, 9.17) is 0 Å². The number of hydrogen-bond donors (Lipinski definition) is 1. The summed E-state index contributed by atoms with van der Waals surface area (Å²) in [5.74, 6) is 0. The van der Waals surface area contributed by atoms with Gasteiger partial charge in [-0.05, 0) is 15.9 Å². The largest absolute Gasteiger partial charge is 0.320 e. The van der Waals surface area contributed by atoms with Crippen molar-refractivity contribution >= 4 is 22.2 Å². The van der Waals surface area contributed by atoms with Gasteiger partial charge in [-0.1, -0.05) is 0 Å². The minimum atomic E-state index is -2.82. The second kappa shape index (κ2) is 3.78. The number of aromatic nitrogens is 1. The van der Waals surface area contributed by atoms with Gasteiger partial charge in [0.25, 0.3) is 6.43 Å². The van der Waals surface area contributed by atoms with Crippen molar-refractivity contribution in [1.82, 2.24) is 4.98 Å². The molecule has 0 fully saturated rings. The minimum Gasteiger partial charge on any atom is -0.320 e. The van der Waals surface area contributed by atoms with Gasteiger partial charge in [0, 0.05) is 11.6 Å². The van der Waals surface area contributed by atoms with Crippen LogP contribution in [0.3, 0.4) is 0 Å². The first kappa shape index (κ1) is 10.0. The van der Waals surface area contributed by atoms with Crippen LogP contribution in [0.1, 0.15) is 22.5 Å². The smallest absolute Gasteiger partial charge is 0.279 e. The average molecular weight is 252 g/mol. The molecule has 1 heterocycles. The Hall–Kier alpha value is -1.04. The minimum absolute atomic E-state index is 0.0721. The van der Waals surface area contributed by atoms with E-state index in [0.717, 1.165) is 6.07 Å². The molecule has 0 saturated heterocycles. The van der Waals surface area contributed by atoms with Crippen LogP contribution in [0.15, 0.2) is 15.3 Å². The van der Waals surface area contributed by atoms with E-state index in [1.54, 1.807) is 0 Å². The number of H-pyrrole nitrogens is 1. The summed E-state index contributed by atoms with van der Waals surface area (Å²) in [5.41, 5.74) is -1.38. The number of alkyl halides is 2. The lowest BCUT2D eigenvalue weighted by Crippen LogP contribution is -2.11. The van der Waals surface area contributed by atoms with Crippen molar-refractivity contribution in [2.75, 3.05) is 0 Å². The molecule has 0 atom stereocenters. The molecule has 70 valence electrons. The number of pyridine rings is 1. The van der Waals surface area contributed by atoms with E-state index in [2.05, 4.69) is 15.9 Å². The monoisotopic (exact) mass is 251 g/mol. The quantitative estimate of drug-likeness (QED) is 0.817. The van der Waals surface area contributed by atoms with Crippen LogP contribution < -0.4 is 5.56 Å². The maximum atomic E-state index is 12.2. The van der Waals surface area contributed by atoms with E-state index < -0.39 is 17.7 Å². The van der Waals surface area contributed by atoms with Gasteiger partial charge in [0.1, 0.15) is 0 Å². The van der Waals surface area contributed by atoms with E-state index in [0.29, 0.717) is 6.29 Å². The van der Waals surface area contributed by atoms with Crippen LogP contribution >= 0.6 is 15.9 Å². The van der Waals surface area contributed by atoms with Crippen molar-refractivity contribution in [3.05, 3.63) is 32.2 Å². The number of carbonyl (C=O) groups is 1. The molecule has 1 aromatic rings. The zero-order valence-corrected chi connectivity index (χ0v) is 7.77. The fourth-order valence-corrected chi connectivity index (χ4v) is 1.30. The van der Waals surface area contributed by atoms with E-state index in [-0.39, 0.29) is 10.0 Å².